The highest BCUT2D eigenvalue weighted by Crippen LogP contribution is 2.20. The van der Waals surface area contributed by atoms with E-state index in [9.17, 15) is 13.2 Å². The van der Waals surface area contributed by atoms with E-state index >= 15 is 0 Å². The fourth-order valence-corrected chi connectivity index (χ4v) is 3.53. The molecule has 2 heterocycles. The average molecular weight is 417 g/mol. The van der Waals surface area contributed by atoms with Gasteiger partial charge >= 0.3 is 0 Å². The van der Waals surface area contributed by atoms with Crippen molar-refractivity contribution >= 4 is 45.2 Å². The maximum Gasteiger partial charge on any atom is 0.261 e. The summed E-state index contributed by atoms with van der Waals surface area (Å²) in [6.07, 6.45) is 0. The second-order valence-electron chi connectivity index (χ2n) is 5.42. The molecule has 0 bridgehead atoms. The molecule has 2 rings (SSSR count). The number of thioether (sulfide) groups is 1. The van der Waals surface area contributed by atoms with Crippen LogP contribution in [0.4, 0.5) is 11.9 Å². The van der Waals surface area contributed by atoms with Gasteiger partial charge in [0.05, 0.1) is 11.5 Å². The minimum atomic E-state index is -3.10. The third-order valence-corrected chi connectivity index (χ3v) is 6.06. The number of nitrogens with one attached hydrogen (secondary N) is 3. The zero-order valence-corrected chi connectivity index (χ0v) is 17.2. The van der Waals surface area contributed by atoms with Crippen LogP contribution in [0, 0.1) is 0 Å². The number of nitrogens with zero attached hydrogens (tertiary/aromatic N) is 5. The van der Waals surface area contributed by atoms with Gasteiger partial charge in [-0.05, 0) is 13.8 Å². The van der Waals surface area contributed by atoms with Gasteiger partial charge in [-0.3, -0.25) is 4.79 Å². The Morgan fingerprint density at radius 1 is 1.11 bits per heavy atom. The van der Waals surface area contributed by atoms with Gasteiger partial charge in [-0.2, -0.15) is 9.97 Å². The summed E-state index contributed by atoms with van der Waals surface area (Å²) in [6.45, 7) is 6.87. The summed E-state index contributed by atoms with van der Waals surface area (Å²) < 4.78 is 24.5. The molecule has 0 spiro atoms. The Labute approximate surface area is 162 Å². The summed E-state index contributed by atoms with van der Waals surface area (Å²) in [4.78, 5) is 20.6. The Kier molecular flexibility index (Phi) is 7.59. The molecule has 27 heavy (non-hydrogen) atoms. The molecule has 0 atom stereocenters. The number of aromatic nitrogens is 5. The zero-order valence-electron chi connectivity index (χ0n) is 15.5. The molecular weight excluding hydrogens is 392 g/mol. The van der Waals surface area contributed by atoms with Crippen molar-refractivity contribution in [3.63, 3.8) is 0 Å². The lowest BCUT2D eigenvalue weighted by Gasteiger charge is -2.09. The highest BCUT2D eigenvalue weighted by atomic mass is 32.2. The molecule has 0 saturated carbocycles. The van der Waals surface area contributed by atoms with Crippen molar-refractivity contribution in [1.82, 2.24) is 29.9 Å². The molecule has 0 fully saturated rings. The number of anilines is 2. The number of amides is 1. The van der Waals surface area contributed by atoms with E-state index in [4.69, 9.17) is 0 Å². The molecule has 1 amide bonds. The predicted octanol–water partition coefficient (Wildman–Crippen LogP) is 0.0259. The highest BCUT2D eigenvalue weighted by Gasteiger charge is 2.16. The molecule has 0 aliphatic heterocycles. The number of hydrogen-bond donors (Lipinski definition) is 3. The van der Waals surface area contributed by atoms with Gasteiger partial charge in [-0.15, -0.1) is 10.2 Å². The van der Waals surface area contributed by atoms with Crippen LogP contribution in [0.15, 0.2) is 5.16 Å². The van der Waals surface area contributed by atoms with Crippen LogP contribution in [-0.2, 0) is 14.6 Å². The topological polar surface area (TPSA) is 143 Å². The minimum Gasteiger partial charge on any atom is -0.355 e. The van der Waals surface area contributed by atoms with Crippen LogP contribution in [-0.4, -0.2) is 75.8 Å². The molecule has 2 aromatic heterocycles. The quantitative estimate of drug-likeness (QED) is 0.429. The third kappa shape index (κ3) is 5.92. The standard InChI is InChI=1S/C14H24N8O3S2/c1-4-15-11-18-12(16-5-2)22-13(19-11)20-21-14(22)26-9-10(23)17-7-8-27(24,25)6-3/h4-9H2,1-3H3,(H,17,23)(H2,15,16,18,19,20). The van der Waals surface area contributed by atoms with Crippen LogP contribution >= 0.6 is 11.8 Å². The Morgan fingerprint density at radius 3 is 2.52 bits per heavy atom. The molecule has 150 valence electrons. The highest BCUT2D eigenvalue weighted by molar-refractivity contribution is 7.99. The van der Waals surface area contributed by atoms with Crippen LogP contribution < -0.4 is 16.0 Å². The Hall–Kier alpha value is -2.15. The number of sulfone groups is 1. The molecule has 3 N–H and O–H groups in total. The number of carbonyl (C=O) groups excluding carboxylic acids is 1. The van der Waals surface area contributed by atoms with Gasteiger partial charge < -0.3 is 16.0 Å². The molecule has 0 aromatic carbocycles. The van der Waals surface area contributed by atoms with E-state index in [0.717, 1.165) is 0 Å². The number of fused-ring (bicyclic) bond motifs is 1. The Balaban J connectivity index is 2.05. The number of rotatable bonds is 11. The lowest BCUT2D eigenvalue weighted by atomic mass is 10.6. The fraction of sp³-hybridized carbons (Fsp3) is 0.643. The van der Waals surface area contributed by atoms with Crippen molar-refractivity contribution in [3.8, 4) is 0 Å². The monoisotopic (exact) mass is 416 g/mol. The van der Waals surface area contributed by atoms with Crippen molar-refractivity contribution in [2.24, 2.45) is 0 Å². The largest absolute Gasteiger partial charge is 0.355 e. The molecular formula is C14H24N8O3S2. The van der Waals surface area contributed by atoms with Crippen molar-refractivity contribution in [2.75, 3.05) is 47.5 Å². The summed E-state index contributed by atoms with van der Waals surface area (Å²) in [5, 5.41) is 17.3. The Bertz CT molecular complexity index is 884. The number of hydrogen-bond acceptors (Lipinski definition) is 10. The van der Waals surface area contributed by atoms with E-state index in [1.165, 1.54) is 11.8 Å². The average Bonchev–Trinajstić information content (AvgIpc) is 3.03. The van der Waals surface area contributed by atoms with Crippen LogP contribution in [0.3, 0.4) is 0 Å². The van der Waals surface area contributed by atoms with Crippen molar-refractivity contribution in [2.45, 2.75) is 25.9 Å². The maximum absolute atomic E-state index is 12.0. The van der Waals surface area contributed by atoms with Gasteiger partial charge in [0.1, 0.15) is 0 Å². The van der Waals surface area contributed by atoms with E-state index in [-0.39, 0.29) is 29.7 Å². The third-order valence-electron chi connectivity index (χ3n) is 3.42. The molecule has 13 heteroatoms. The molecule has 0 saturated heterocycles. The van der Waals surface area contributed by atoms with Crippen LogP contribution in [0.5, 0.6) is 0 Å². The Morgan fingerprint density at radius 2 is 1.85 bits per heavy atom. The van der Waals surface area contributed by atoms with E-state index < -0.39 is 9.84 Å². The fourth-order valence-electron chi connectivity index (χ4n) is 2.07. The predicted molar refractivity (Wildman–Crippen MR) is 105 cm³/mol. The zero-order chi connectivity index (χ0) is 19.9. The molecule has 11 nitrogen and oxygen atoms in total. The van der Waals surface area contributed by atoms with Gasteiger partial charge in [0.25, 0.3) is 5.78 Å². The SMILES string of the molecule is CCNc1nc(NCC)n2c(SCC(=O)NCCS(=O)(=O)CC)nnc2n1. The van der Waals surface area contributed by atoms with E-state index in [1.54, 1.807) is 11.3 Å². The smallest absolute Gasteiger partial charge is 0.261 e. The number of carbonyl (C=O) groups is 1. The molecule has 0 unspecified atom stereocenters. The summed E-state index contributed by atoms with van der Waals surface area (Å²) in [6, 6.07) is 0. The first kappa shape index (κ1) is 21.2. The first-order valence-corrected chi connectivity index (χ1v) is 11.4. The molecule has 0 aliphatic rings. The molecule has 0 aliphatic carbocycles. The summed E-state index contributed by atoms with van der Waals surface area (Å²) in [5.74, 6) is 1.13. The minimum absolute atomic E-state index is 0.0609. The summed E-state index contributed by atoms with van der Waals surface area (Å²) >= 11 is 1.18. The lowest BCUT2D eigenvalue weighted by Crippen LogP contribution is -2.30. The first-order valence-electron chi connectivity index (χ1n) is 8.61. The van der Waals surface area contributed by atoms with Crippen LogP contribution in [0.25, 0.3) is 5.78 Å². The summed E-state index contributed by atoms with van der Waals surface area (Å²) in [5.41, 5.74) is 0. The van der Waals surface area contributed by atoms with Gasteiger partial charge in [-0.1, -0.05) is 18.7 Å². The van der Waals surface area contributed by atoms with E-state index in [2.05, 4.69) is 36.1 Å². The lowest BCUT2D eigenvalue weighted by molar-refractivity contribution is -0.118. The van der Waals surface area contributed by atoms with Crippen molar-refractivity contribution < 1.29 is 13.2 Å². The van der Waals surface area contributed by atoms with Gasteiger partial charge in [0.2, 0.25) is 17.8 Å². The second kappa shape index (κ2) is 9.69. The summed E-state index contributed by atoms with van der Waals surface area (Å²) in [7, 11) is -3.10. The van der Waals surface area contributed by atoms with E-state index in [1.807, 2.05) is 13.8 Å². The van der Waals surface area contributed by atoms with Gasteiger partial charge in [-0.25, -0.2) is 12.8 Å². The molecule has 2 aromatic rings. The van der Waals surface area contributed by atoms with Crippen LogP contribution in [0.2, 0.25) is 0 Å². The van der Waals surface area contributed by atoms with Crippen molar-refractivity contribution in [3.05, 3.63) is 0 Å². The van der Waals surface area contributed by atoms with E-state index in [0.29, 0.717) is 35.9 Å². The van der Waals surface area contributed by atoms with Crippen LogP contribution in [0.1, 0.15) is 20.8 Å². The van der Waals surface area contributed by atoms with Gasteiger partial charge in [0.15, 0.2) is 15.0 Å². The van der Waals surface area contributed by atoms with Crippen molar-refractivity contribution in [1.29, 1.82) is 0 Å². The first-order chi connectivity index (χ1) is 12.9. The second-order valence-corrected chi connectivity index (χ2v) is 8.84. The van der Waals surface area contributed by atoms with Gasteiger partial charge in [0, 0.05) is 25.4 Å². The normalized spacial score (nSPS) is 11.5. The maximum atomic E-state index is 12.0. The molecule has 0 radical (unpaired) electrons.